The Bertz CT molecular complexity index is 1190. The summed E-state index contributed by atoms with van der Waals surface area (Å²) in [6.45, 7) is 0. The first kappa shape index (κ1) is 18.2. The quantitative estimate of drug-likeness (QED) is 0.273. The predicted molar refractivity (Wildman–Crippen MR) is 112 cm³/mol. The molecule has 4 aromatic rings. The molecule has 0 aliphatic heterocycles. The van der Waals surface area contributed by atoms with Gasteiger partial charge in [-0.25, -0.2) is 0 Å². The number of nitro benzene ring substituents is 1. The molecule has 0 radical (unpaired) electrons. The van der Waals surface area contributed by atoms with Gasteiger partial charge in [-0.2, -0.15) is 0 Å². The van der Waals surface area contributed by atoms with Gasteiger partial charge in [-0.15, -0.1) is 0 Å². The summed E-state index contributed by atoms with van der Waals surface area (Å²) in [4.78, 5) is 16.4. The molecule has 1 heterocycles. The monoisotopic (exact) mass is 388 g/mol. The summed E-state index contributed by atoms with van der Waals surface area (Å²) < 4.78 is 12.2. The van der Waals surface area contributed by atoms with Crippen molar-refractivity contribution in [3.05, 3.63) is 89.1 Å². The van der Waals surface area contributed by atoms with E-state index in [0.29, 0.717) is 5.56 Å². The zero-order chi connectivity index (χ0) is 19.7. The second-order valence-corrected chi connectivity index (χ2v) is 7.63. The normalized spacial score (nSPS) is 12.1. The molecule has 0 aliphatic rings. The lowest BCUT2D eigenvalue weighted by atomic mass is 9.94. The van der Waals surface area contributed by atoms with Crippen LogP contribution in [0.25, 0.3) is 33.2 Å². The fraction of sp³-hybridized carbons (Fsp3) is 0.0455. The molecule has 0 aliphatic carbocycles. The Morgan fingerprint density at radius 2 is 1.50 bits per heavy atom. The first-order chi connectivity index (χ1) is 13.6. The van der Waals surface area contributed by atoms with Crippen LogP contribution in [0.4, 0.5) is 5.69 Å². The van der Waals surface area contributed by atoms with Gasteiger partial charge < -0.3 is 4.55 Å². The molecule has 1 aromatic heterocycles. The maximum atomic E-state index is 12.2. The van der Waals surface area contributed by atoms with Crippen LogP contribution >= 0.6 is 0 Å². The number of aromatic nitrogens is 1. The van der Waals surface area contributed by atoms with Crippen molar-refractivity contribution in [1.82, 2.24) is 4.98 Å². The molecule has 138 valence electrons. The van der Waals surface area contributed by atoms with Crippen LogP contribution in [0.3, 0.4) is 0 Å². The lowest BCUT2D eigenvalue weighted by Gasteiger charge is -2.14. The van der Waals surface area contributed by atoms with Gasteiger partial charge in [0.15, 0.2) is 4.90 Å². The van der Waals surface area contributed by atoms with Crippen LogP contribution in [0.1, 0.15) is 0 Å². The van der Waals surface area contributed by atoms with E-state index < -0.39 is 11.2 Å². The summed E-state index contributed by atoms with van der Waals surface area (Å²) in [6.07, 6.45) is 3.34. The van der Waals surface area contributed by atoms with Crippen LogP contribution in [0, 0.1) is 10.1 Å². The van der Waals surface area contributed by atoms with E-state index in [1.54, 1.807) is 30.7 Å². The van der Waals surface area contributed by atoms with Crippen LogP contribution in [0.5, 0.6) is 0 Å². The average molecular weight is 388 g/mol. The molecule has 28 heavy (non-hydrogen) atoms. The molecule has 1 atom stereocenters. The van der Waals surface area contributed by atoms with Crippen LogP contribution < -0.4 is 0 Å². The summed E-state index contributed by atoms with van der Waals surface area (Å²) >= 11 is -1.15. The van der Waals surface area contributed by atoms with Gasteiger partial charge in [-0.3, -0.25) is 15.1 Å². The zero-order valence-corrected chi connectivity index (χ0v) is 15.8. The molecule has 4 rings (SSSR count). The van der Waals surface area contributed by atoms with Crippen molar-refractivity contribution in [2.75, 3.05) is 6.26 Å². The molecule has 0 N–H and O–H groups in total. The van der Waals surface area contributed by atoms with E-state index >= 15 is 0 Å². The summed E-state index contributed by atoms with van der Waals surface area (Å²) in [5.41, 5.74) is 3.76. The number of fused-ring (bicyclic) bond motifs is 1. The highest BCUT2D eigenvalue weighted by Crippen LogP contribution is 2.39. The summed E-state index contributed by atoms with van der Waals surface area (Å²) in [5.74, 6) is 0. The number of benzene rings is 3. The van der Waals surface area contributed by atoms with Crippen LogP contribution in [0.2, 0.25) is 0 Å². The van der Waals surface area contributed by atoms with Gasteiger partial charge >= 0.3 is 0 Å². The summed E-state index contributed by atoms with van der Waals surface area (Å²) in [6, 6.07) is 21.7. The van der Waals surface area contributed by atoms with Gasteiger partial charge in [-0.1, -0.05) is 42.5 Å². The minimum absolute atomic E-state index is 0.0514. The van der Waals surface area contributed by atoms with Crippen molar-refractivity contribution in [3.8, 4) is 22.3 Å². The van der Waals surface area contributed by atoms with Crippen LogP contribution in [0.15, 0.2) is 83.9 Å². The van der Waals surface area contributed by atoms with Gasteiger partial charge in [0.1, 0.15) is 6.26 Å². The Labute approximate surface area is 165 Å². The van der Waals surface area contributed by atoms with E-state index in [1.807, 2.05) is 48.5 Å². The SMILES string of the molecule is C[S+]([O-])c1ccccc1-c1ccc(-c2ccccc2[N+](=O)[O-])c2cccnc12. The number of nitro groups is 1. The molecule has 5 nitrogen and oxygen atoms in total. The molecule has 6 heteroatoms. The second kappa shape index (κ2) is 7.42. The molecule has 0 saturated heterocycles. The Morgan fingerprint density at radius 1 is 0.821 bits per heavy atom. The van der Waals surface area contributed by atoms with E-state index in [-0.39, 0.29) is 10.6 Å². The highest BCUT2D eigenvalue weighted by atomic mass is 32.2. The van der Waals surface area contributed by atoms with Gasteiger partial charge in [-0.05, 0) is 41.0 Å². The van der Waals surface area contributed by atoms with Crippen molar-refractivity contribution < 1.29 is 9.48 Å². The first-order valence-corrected chi connectivity index (χ1v) is 10.2. The maximum Gasteiger partial charge on any atom is 0.277 e. The largest absolute Gasteiger partial charge is 0.612 e. The summed E-state index contributed by atoms with van der Waals surface area (Å²) in [7, 11) is 0. The maximum absolute atomic E-state index is 12.2. The smallest absolute Gasteiger partial charge is 0.277 e. The lowest BCUT2D eigenvalue weighted by molar-refractivity contribution is -0.384. The highest BCUT2D eigenvalue weighted by Gasteiger charge is 2.20. The first-order valence-electron chi connectivity index (χ1n) is 8.62. The Hall–Kier alpha value is -3.22. The molecular weight excluding hydrogens is 372 g/mol. The van der Waals surface area contributed by atoms with Gasteiger partial charge in [0, 0.05) is 28.8 Å². The Morgan fingerprint density at radius 3 is 2.25 bits per heavy atom. The van der Waals surface area contributed by atoms with E-state index in [9.17, 15) is 14.7 Å². The minimum atomic E-state index is -1.15. The Balaban J connectivity index is 2.02. The number of nitrogens with zero attached hydrogens (tertiary/aromatic N) is 2. The third-order valence-electron chi connectivity index (χ3n) is 4.65. The van der Waals surface area contributed by atoms with Crippen molar-refractivity contribution in [3.63, 3.8) is 0 Å². The number of rotatable bonds is 4. The number of hydrogen-bond donors (Lipinski definition) is 0. The molecule has 1 unspecified atom stereocenters. The zero-order valence-electron chi connectivity index (χ0n) is 15.0. The molecule has 0 bridgehead atoms. The van der Waals surface area contributed by atoms with Gasteiger partial charge in [0.2, 0.25) is 0 Å². The van der Waals surface area contributed by atoms with Gasteiger partial charge in [0.05, 0.1) is 16.0 Å². The number of hydrogen-bond acceptors (Lipinski definition) is 4. The number of pyridine rings is 1. The van der Waals surface area contributed by atoms with E-state index in [1.165, 1.54) is 6.07 Å². The standard InChI is InChI=1S/C22H16N2O3S/c1-28(27)21-11-5-3-8-17(21)19-13-12-15(18-9-6-14-23-22(18)19)16-7-2-4-10-20(16)24(25)26/h2-14H,1H3. The topological polar surface area (TPSA) is 79.1 Å². The summed E-state index contributed by atoms with van der Waals surface area (Å²) in [5, 5.41) is 12.3. The molecule has 0 fully saturated rings. The third kappa shape index (κ3) is 3.13. The molecule has 0 amide bonds. The van der Waals surface area contributed by atoms with Crippen molar-refractivity contribution in [2.45, 2.75) is 4.90 Å². The third-order valence-corrected chi connectivity index (χ3v) is 5.62. The fourth-order valence-electron chi connectivity index (χ4n) is 3.43. The van der Waals surface area contributed by atoms with Crippen molar-refractivity contribution >= 4 is 27.8 Å². The van der Waals surface area contributed by atoms with Crippen LogP contribution in [-0.4, -0.2) is 20.7 Å². The molecular formula is C22H16N2O3S. The highest BCUT2D eigenvalue weighted by molar-refractivity contribution is 7.90. The minimum Gasteiger partial charge on any atom is -0.612 e. The Kier molecular flexibility index (Phi) is 4.81. The molecule has 0 saturated carbocycles. The predicted octanol–water partition coefficient (Wildman–Crippen LogP) is 5.21. The molecule has 3 aromatic carbocycles. The molecule has 0 spiro atoms. The number of para-hydroxylation sites is 1. The van der Waals surface area contributed by atoms with E-state index in [0.717, 1.165) is 32.5 Å². The van der Waals surface area contributed by atoms with E-state index in [4.69, 9.17) is 0 Å². The lowest BCUT2D eigenvalue weighted by Crippen LogP contribution is -2.00. The van der Waals surface area contributed by atoms with Crippen molar-refractivity contribution in [1.29, 1.82) is 0 Å². The second-order valence-electron chi connectivity index (χ2n) is 6.28. The van der Waals surface area contributed by atoms with Crippen LogP contribution in [-0.2, 0) is 11.2 Å². The average Bonchev–Trinajstić information content (AvgIpc) is 2.73. The van der Waals surface area contributed by atoms with Gasteiger partial charge in [0.25, 0.3) is 5.69 Å². The fourth-order valence-corrected chi connectivity index (χ4v) is 4.18. The van der Waals surface area contributed by atoms with Crippen molar-refractivity contribution in [2.24, 2.45) is 0 Å². The van der Waals surface area contributed by atoms with E-state index in [2.05, 4.69) is 4.98 Å².